The summed E-state index contributed by atoms with van der Waals surface area (Å²) in [6.45, 7) is 11.6. The highest BCUT2D eigenvalue weighted by atomic mass is 35.5. The summed E-state index contributed by atoms with van der Waals surface area (Å²) in [5, 5.41) is 9.80. The molecule has 1 aromatic rings. The van der Waals surface area contributed by atoms with E-state index in [0.29, 0.717) is 35.8 Å². The van der Waals surface area contributed by atoms with Crippen molar-refractivity contribution >= 4 is 23.5 Å². The Morgan fingerprint density at radius 3 is 2.19 bits per heavy atom. The van der Waals surface area contributed by atoms with Gasteiger partial charge in [-0.25, -0.2) is 0 Å². The Morgan fingerprint density at radius 2 is 1.62 bits per heavy atom. The quantitative estimate of drug-likeness (QED) is 0.349. The fourth-order valence-corrected chi connectivity index (χ4v) is 2.96. The molecule has 0 saturated carbocycles. The molecule has 7 heteroatoms. The lowest BCUT2D eigenvalue weighted by atomic mass is 10.2. The first-order valence-electron chi connectivity index (χ1n) is 9.09. The first-order valence-corrected chi connectivity index (χ1v) is 9.47. The van der Waals surface area contributed by atoms with E-state index in [2.05, 4.69) is 53.5 Å². The third-order valence-corrected chi connectivity index (χ3v) is 4.36. The second-order valence-electron chi connectivity index (χ2n) is 6.59. The molecule has 0 radical (unpaired) electrons. The zero-order valence-corrected chi connectivity index (χ0v) is 17.2. The summed E-state index contributed by atoms with van der Waals surface area (Å²) in [7, 11) is 1.74. The average Bonchev–Trinajstić information content (AvgIpc) is 2.59. The van der Waals surface area contributed by atoms with Crippen LogP contribution >= 0.6 is 11.6 Å². The standard InChI is InChI=1S/C19H32ClN5O/c1-14(2)25(15(3)4)13-12-24-19(21-5)23-11-10-22-18(26)16-8-6-7-9-17(16)20/h6-9,14-15H,10-13H2,1-5H3,(H,22,26)(H2,21,23,24). The van der Waals surface area contributed by atoms with E-state index in [9.17, 15) is 4.79 Å². The number of aliphatic imine (C=N–C) groups is 1. The number of hydrogen-bond acceptors (Lipinski definition) is 3. The lowest BCUT2D eigenvalue weighted by Gasteiger charge is -2.30. The van der Waals surface area contributed by atoms with Crippen molar-refractivity contribution in [2.45, 2.75) is 39.8 Å². The van der Waals surface area contributed by atoms with Gasteiger partial charge < -0.3 is 16.0 Å². The molecule has 0 aliphatic carbocycles. The molecule has 0 aliphatic heterocycles. The van der Waals surface area contributed by atoms with E-state index in [1.54, 1.807) is 31.3 Å². The minimum absolute atomic E-state index is 0.176. The number of benzene rings is 1. The van der Waals surface area contributed by atoms with Crippen molar-refractivity contribution in [3.63, 3.8) is 0 Å². The topological polar surface area (TPSA) is 68.8 Å². The van der Waals surface area contributed by atoms with Crippen molar-refractivity contribution in [3.05, 3.63) is 34.9 Å². The summed E-state index contributed by atoms with van der Waals surface area (Å²) < 4.78 is 0. The summed E-state index contributed by atoms with van der Waals surface area (Å²) in [4.78, 5) is 18.7. The van der Waals surface area contributed by atoms with Crippen LogP contribution in [0.5, 0.6) is 0 Å². The molecule has 0 fully saturated rings. The largest absolute Gasteiger partial charge is 0.355 e. The zero-order valence-electron chi connectivity index (χ0n) is 16.5. The third kappa shape index (κ3) is 7.62. The Balaban J connectivity index is 2.30. The molecule has 0 heterocycles. The van der Waals surface area contributed by atoms with Crippen LogP contribution in [0.3, 0.4) is 0 Å². The van der Waals surface area contributed by atoms with Crippen molar-refractivity contribution in [2.75, 3.05) is 33.2 Å². The molecule has 0 aromatic heterocycles. The highest BCUT2D eigenvalue weighted by Gasteiger charge is 2.12. The van der Waals surface area contributed by atoms with Gasteiger partial charge in [-0.2, -0.15) is 0 Å². The molecule has 0 atom stereocenters. The van der Waals surface area contributed by atoms with Gasteiger partial charge in [0.25, 0.3) is 5.91 Å². The van der Waals surface area contributed by atoms with Gasteiger partial charge in [-0.05, 0) is 39.8 Å². The Labute approximate surface area is 162 Å². The van der Waals surface area contributed by atoms with Gasteiger partial charge in [0.05, 0.1) is 10.6 Å². The number of amides is 1. The van der Waals surface area contributed by atoms with Gasteiger partial charge in [-0.3, -0.25) is 14.7 Å². The molecular formula is C19H32ClN5O. The predicted octanol–water partition coefficient (Wildman–Crippen LogP) is 2.35. The van der Waals surface area contributed by atoms with E-state index in [-0.39, 0.29) is 5.91 Å². The summed E-state index contributed by atoms with van der Waals surface area (Å²) in [6.07, 6.45) is 0. The molecule has 26 heavy (non-hydrogen) atoms. The molecule has 0 aliphatic rings. The SMILES string of the molecule is CN=C(NCCNC(=O)c1ccccc1Cl)NCCN(C(C)C)C(C)C. The molecule has 1 aromatic carbocycles. The summed E-state index contributed by atoms with van der Waals surface area (Å²) >= 11 is 6.02. The molecule has 0 saturated heterocycles. The third-order valence-electron chi connectivity index (χ3n) is 4.03. The van der Waals surface area contributed by atoms with Crippen LogP contribution in [0.15, 0.2) is 29.3 Å². The second-order valence-corrected chi connectivity index (χ2v) is 6.99. The van der Waals surface area contributed by atoms with E-state index in [0.717, 1.165) is 19.0 Å². The van der Waals surface area contributed by atoms with Gasteiger partial charge in [0.1, 0.15) is 0 Å². The van der Waals surface area contributed by atoms with Crippen molar-refractivity contribution in [2.24, 2.45) is 4.99 Å². The number of hydrogen-bond donors (Lipinski definition) is 3. The van der Waals surface area contributed by atoms with Gasteiger partial charge in [-0.1, -0.05) is 23.7 Å². The first kappa shape index (κ1) is 22.3. The molecule has 146 valence electrons. The van der Waals surface area contributed by atoms with Crippen LogP contribution in [0.1, 0.15) is 38.1 Å². The fourth-order valence-electron chi connectivity index (χ4n) is 2.73. The fraction of sp³-hybridized carbons (Fsp3) is 0.579. The highest BCUT2D eigenvalue weighted by molar-refractivity contribution is 6.33. The molecule has 1 rings (SSSR count). The van der Waals surface area contributed by atoms with E-state index in [1.807, 2.05) is 0 Å². The highest BCUT2D eigenvalue weighted by Crippen LogP contribution is 2.14. The minimum atomic E-state index is -0.176. The van der Waals surface area contributed by atoms with Crippen LogP contribution in [0.4, 0.5) is 0 Å². The molecule has 0 spiro atoms. The lowest BCUT2D eigenvalue weighted by Crippen LogP contribution is -2.46. The van der Waals surface area contributed by atoms with Crippen LogP contribution in [-0.2, 0) is 0 Å². The van der Waals surface area contributed by atoms with Gasteiger partial charge in [0.15, 0.2) is 5.96 Å². The number of carbonyl (C=O) groups excluding carboxylic acids is 1. The predicted molar refractivity (Wildman–Crippen MR) is 110 cm³/mol. The van der Waals surface area contributed by atoms with Crippen LogP contribution in [-0.4, -0.2) is 62.1 Å². The monoisotopic (exact) mass is 381 g/mol. The van der Waals surface area contributed by atoms with E-state index >= 15 is 0 Å². The van der Waals surface area contributed by atoms with E-state index in [4.69, 9.17) is 11.6 Å². The van der Waals surface area contributed by atoms with E-state index in [1.165, 1.54) is 0 Å². The second kappa shape index (κ2) is 11.8. The average molecular weight is 382 g/mol. The number of nitrogens with one attached hydrogen (secondary N) is 3. The number of carbonyl (C=O) groups is 1. The Bertz CT molecular complexity index is 581. The molecular weight excluding hydrogens is 350 g/mol. The van der Waals surface area contributed by atoms with Crippen molar-refractivity contribution in [1.29, 1.82) is 0 Å². The van der Waals surface area contributed by atoms with Crippen LogP contribution in [0.2, 0.25) is 5.02 Å². The number of nitrogens with zero attached hydrogens (tertiary/aromatic N) is 2. The van der Waals surface area contributed by atoms with Crippen molar-refractivity contribution < 1.29 is 4.79 Å². The van der Waals surface area contributed by atoms with Crippen LogP contribution in [0.25, 0.3) is 0 Å². The molecule has 3 N–H and O–H groups in total. The number of halogens is 1. The zero-order chi connectivity index (χ0) is 19.5. The van der Waals surface area contributed by atoms with Crippen molar-refractivity contribution in [1.82, 2.24) is 20.9 Å². The van der Waals surface area contributed by atoms with Gasteiger partial charge in [0.2, 0.25) is 0 Å². The molecule has 1 amide bonds. The maximum absolute atomic E-state index is 12.1. The van der Waals surface area contributed by atoms with Crippen LogP contribution in [0, 0.1) is 0 Å². The van der Waals surface area contributed by atoms with Gasteiger partial charge in [-0.15, -0.1) is 0 Å². The number of guanidine groups is 1. The summed E-state index contributed by atoms with van der Waals surface area (Å²) in [5.41, 5.74) is 0.485. The lowest BCUT2D eigenvalue weighted by molar-refractivity contribution is 0.0954. The number of rotatable bonds is 9. The Hall–Kier alpha value is -1.79. The minimum Gasteiger partial charge on any atom is -0.355 e. The molecule has 0 bridgehead atoms. The smallest absolute Gasteiger partial charge is 0.252 e. The molecule has 6 nitrogen and oxygen atoms in total. The maximum Gasteiger partial charge on any atom is 0.252 e. The Kier molecular flexibility index (Phi) is 10.1. The molecule has 0 unspecified atom stereocenters. The normalized spacial score (nSPS) is 12.0. The van der Waals surface area contributed by atoms with Crippen molar-refractivity contribution in [3.8, 4) is 0 Å². The van der Waals surface area contributed by atoms with E-state index < -0.39 is 0 Å². The van der Waals surface area contributed by atoms with Gasteiger partial charge >= 0.3 is 0 Å². The Morgan fingerprint density at radius 1 is 1.04 bits per heavy atom. The van der Waals surface area contributed by atoms with Crippen LogP contribution < -0.4 is 16.0 Å². The van der Waals surface area contributed by atoms with Gasteiger partial charge in [0, 0.05) is 45.3 Å². The maximum atomic E-state index is 12.1. The summed E-state index contributed by atoms with van der Waals surface area (Å²) in [6, 6.07) is 8.02. The first-order chi connectivity index (χ1) is 12.4. The summed E-state index contributed by atoms with van der Waals surface area (Å²) in [5.74, 6) is 0.550.